The maximum Gasteiger partial charge on any atom is 0.258 e. The first-order valence-corrected chi connectivity index (χ1v) is 9.44. The maximum absolute atomic E-state index is 12.3. The Hall–Kier alpha value is -2.63. The molecule has 1 heterocycles. The fraction of sp³-hybridized carbons (Fsp3) is 0.476. The lowest BCUT2D eigenvalue weighted by molar-refractivity contribution is -0.124. The summed E-state index contributed by atoms with van der Waals surface area (Å²) in [6, 6.07) is 4.31. The summed E-state index contributed by atoms with van der Waals surface area (Å²) in [4.78, 5) is 20.4. The number of rotatable bonds is 6. The van der Waals surface area contributed by atoms with Crippen molar-refractivity contribution in [1.82, 2.24) is 15.3 Å². The minimum atomic E-state index is -0.0762. The van der Waals surface area contributed by atoms with Crippen molar-refractivity contribution < 1.29 is 14.3 Å². The van der Waals surface area contributed by atoms with E-state index in [1.54, 1.807) is 18.6 Å². The highest BCUT2D eigenvalue weighted by Gasteiger charge is 2.24. The van der Waals surface area contributed by atoms with Crippen molar-refractivity contribution in [2.75, 3.05) is 6.61 Å². The van der Waals surface area contributed by atoms with E-state index in [0.717, 1.165) is 42.6 Å². The first-order valence-electron chi connectivity index (χ1n) is 9.44. The van der Waals surface area contributed by atoms with E-state index < -0.39 is 0 Å². The number of carbonyl (C=O) groups excluding carboxylic acids is 1. The molecule has 144 valence electrons. The predicted molar refractivity (Wildman–Crippen MR) is 103 cm³/mol. The number of amides is 1. The Morgan fingerprint density at radius 3 is 2.44 bits per heavy atom. The Morgan fingerprint density at radius 1 is 1.11 bits per heavy atom. The summed E-state index contributed by atoms with van der Waals surface area (Å²) in [6.07, 6.45) is 8.55. The molecule has 0 bridgehead atoms. The van der Waals surface area contributed by atoms with Gasteiger partial charge in [0.15, 0.2) is 6.61 Å². The molecule has 1 N–H and O–H groups in total. The van der Waals surface area contributed by atoms with Gasteiger partial charge in [-0.1, -0.05) is 17.7 Å². The third-order valence-corrected chi connectivity index (χ3v) is 4.82. The molecule has 3 rings (SSSR count). The molecule has 1 aromatic heterocycles. The van der Waals surface area contributed by atoms with Gasteiger partial charge in [-0.3, -0.25) is 9.78 Å². The molecule has 1 amide bonds. The molecule has 27 heavy (non-hydrogen) atoms. The largest absolute Gasteiger partial charge is 0.483 e. The molecule has 0 aliphatic heterocycles. The van der Waals surface area contributed by atoms with Crippen LogP contribution in [-0.4, -0.2) is 34.6 Å². The second-order valence-corrected chi connectivity index (χ2v) is 7.22. The van der Waals surface area contributed by atoms with Gasteiger partial charge in [-0.25, -0.2) is 4.98 Å². The van der Waals surface area contributed by atoms with E-state index in [4.69, 9.17) is 9.47 Å². The van der Waals surface area contributed by atoms with Crippen LogP contribution in [0.25, 0.3) is 0 Å². The van der Waals surface area contributed by atoms with Gasteiger partial charge in [-0.2, -0.15) is 0 Å². The number of hydrogen-bond donors (Lipinski definition) is 1. The van der Waals surface area contributed by atoms with Gasteiger partial charge >= 0.3 is 0 Å². The number of nitrogens with zero attached hydrogens (tertiary/aromatic N) is 2. The lowest BCUT2D eigenvalue weighted by atomic mass is 9.93. The molecule has 1 saturated carbocycles. The Kier molecular flexibility index (Phi) is 6.27. The van der Waals surface area contributed by atoms with Gasteiger partial charge in [0, 0.05) is 18.4 Å². The fourth-order valence-corrected chi connectivity index (χ4v) is 3.64. The van der Waals surface area contributed by atoms with Crippen molar-refractivity contribution in [2.24, 2.45) is 0 Å². The normalized spacial score (nSPS) is 19.4. The number of ether oxygens (including phenoxy) is 2. The first kappa shape index (κ1) is 19.1. The molecule has 0 saturated heterocycles. The summed E-state index contributed by atoms with van der Waals surface area (Å²) in [5.41, 5.74) is 3.31. The number of hydrogen-bond acceptors (Lipinski definition) is 5. The van der Waals surface area contributed by atoms with E-state index in [0.29, 0.717) is 5.88 Å². The summed E-state index contributed by atoms with van der Waals surface area (Å²) in [7, 11) is 0. The van der Waals surface area contributed by atoms with Crippen LogP contribution in [0.2, 0.25) is 0 Å². The van der Waals surface area contributed by atoms with Crippen LogP contribution >= 0.6 is 0 Å². The third kappa shape index (κ3) is 5.42. The van der Waals surface area contributed by atoms with Crippen molar-refractivity contribution in [3.05, 3.63) is 47.4 Å². The van der Waals surface area contributed by atoms with Crippen molar-refractivity contribution in [3.63, 3.8) is 0 Å². The van der Waals surface area contributed by atoms with E-state index in [2.05, 4.69) is 34.3 Å². The van der Waals surface area contributed by atoms with Crippen molar-refractivity contribution in [3.8, 4) is 11.6 Å². The van der Waals surface area contributed by atoms with Crippen molar-refractivity contribution in [1.29, 1.82) is 0 Å². The van der Waals surface area contributed by atoms with Crippen LogP contribution in [0.5, 0.6) is 11.6 Å². The molecule has 0 spiro atoms. The predicted octanol–water partition coefficient (Wildman–Crippen LogP) is 3.29. The van der Waals surface area contributed by atoms with Gasteiger partial charge in [0.25, 0.3) is 5.91 Å². The van der Waals surface area contributed by atoms with E-state index in [9.17, 15) is 4.79 Å². The van der Waals surface area contributed by atoms with E-state index in [1.165, 1.54) is 5.56 Å². The van der Waals surface area contributed by atoms with Gasteiger partial charge in [0.1, 0.15) is 11.9 Å². The smallest absolute Gasteiger partial charge is 0.258 e. The Morgan fingerprint density at radius 2 is 1.81 bits per heavy atom. The molecule has 1 aliphatic rings. The van der Waals surface area contributed by atoms with Gasteiger partial charge in [0.2, 0.25) is 5.88 Å². The molecule has 0 radical (unpaired) electrons. The minimum Gasteiger partial charge on any atom is -0.483 e. The van der Waals surface area contributed by atoms with Gasteiger partial charge < -0.3 is 14.8 Å². The molecule has 1 aromatic carbocycles. The third-order valence-electron chi connectivity index (χ3n) is 4.82. The Balaban J connectivity index is 1.42. The van der Waals surface area contributed by atoms with Crippen LogP contribution in [0.1, 0.15) is 42.4 Å². The van der Waals surface area contributed by atoms with Crippen LogP contribution in [0.15, 0.2) is 30.7 Å². The molecule has 0 unspecified atom stereocenters. The summed E-state index contributed by atoms with van der Waals surface area (Å²) in [6.45, 7) is 6.11. The van der Waals surface area contributed by atoms with Crippen LogP contribution < -0.4 is 14.8 Å². The highest BCUT2D eigenvalue weighted by atomic mass is 16.5. The van der Waals surface area contributed by atoms with E-state index >= 15 is 0 Å². The van der Waals surface area contributed by atoms with Crippen LogP contribution in [0, 0.1) is 20.8 Å². The van der Waals surface area contributed by atoms with Crippen LogP contribution in [0.4, 0.5) is 0 Å². The molecule has 1 aliphatic carbocycles. The number of carbonyl (C=O) groups is 1. The highest BCUT2D eigenvalue weighted by molar-refractivity contribution is 5.78. The molecule has 6 heteroatoms. The average molecular weight is 369 g/mol. The number of aryl methyl sites for hydroxylation is 3. The monoisotopic (exact) mass is 369 g/mol. The molecule has 0 atom stereocenters. The Labute approximate surface area is 160 Å². The van der Waals surface area contributed by atoms with Crippen molar-refractivity contribution in [2.45, 2.75) is 58.6 Å². The molecule has 1 fully saturated rings. The summed E-state index contributed by atoms with van der Waals surface area (Å²) in [5, 5.41) is 3.08. The van der Waals surface area contributed by atoms with Crippen molar-refractivity contribution >= 4 is 5.91 Å². The number of aromatic nitrogens is 2. The molecule has 6 nitrogen and oxygen atoms in total. The lowest BCUT2D eigenvalue weighted by Crippen LogP contribution is -2.41. The zero-order chi connectivity index (χ0) is 19.2. The standard InChI is InChI=1S/C21H27N3O3/c1-14-10-15(2)21(16(3)11-14)26-13-19(25)24-17-4-6-18(7-5-17)27-20-12-22-8-9-23-20/h8-12,17-18H,4-7,13H2,1-3H3,(H,24,25). The zero-order valence-electron chi connectivity index (χ0n) is 16.2. The topological polar surface area (TPSA) is 73.3 Å². The SMILES string of the molecule is Cc1cc(C)c(OCC(=O)NC2CCC(Oc3cnccn3)CC2)c(C)c1. The number of nitrogens with one attached hydrogen (secondary N) is 1. The van der Waals surface area contributed by atoms with Gasteiger partial charge in [-0.05, 0) is 57.6 Å². The van der Waals surface area contributed by atoms with Crippen LogP contribution in [0.3, 0.4) is 0 Å². The molecular weight excluding hydrogens is 342 g/mol. The van der Waals surface area contributed by atoms with E-state index in [1.807, 2.05) is 13.8 Å². The summed E-state index contributed by atoms with van der Waals surface area (Å²) >= 11 is 0. The first-order chi connectivity index (χ1) is 13.0. The maximum atomic E-state index is 12.3. The summed E-state index contributed by atoms with van der Waals surface area (Å²) < 4.78 is 11.6. The minimum absolute atomic E-state index is 0.0424. The number of benzene rings is 1. The quantitative estimate of drug-likeness (QED) is 0.846. The fourth-order valence-electron chi connectivity index (χ4n) is 3.64. The van der Waals surface area contributed by atoms with E-state index in [-0.39, 0.29) is 24.7 Å². The van der Waals surface area contributed by atoms with Crippen LogP contribution in [-0.2, 0) is 4.79 Å². The average Bonchev–Trinajstić information content (AvgIpc) is 2.63. The highest BCUT2D eigenvalue weighted by Crippen LogP contribution is 2.25. The van der Waals surface area contributed by atoms with Gasteiger partial charge in [0.05, 0.1) is 6.20 Å². The zero-order valence-corrected chi connectivity index (χ0v) is 16.2. The van der Waals surface area contributed by atoms with Gasteiger partial charge in [-0.15, -0.1) is 0 Å². The molecule has 2 aromatic rings. The molecular formula is C21H27N3O3. The second kappa shape index (κ2) is 8.84. The summed E-state index contributed by atoms with van der Waals surface area (Å²) in [5.74, 6) is 1.28. The second-order valence-electron chi connectivity index (χ2n) is 7.22. The Bertz CT molecular complexity index is 748. The lowest BCUT2D eigenvalue weighted by Gasteiger charge is -2.29.